The van der Waals surface area contributed by atoms with Crippen LogP contribution in [-0.4, -0.2) is 24.2 Å². The van der Waals surface area contributed by atoms with E-state index in [1.165, 1.54) is 22.1 Å². The monoisotopic (exact) mass is 390 g/mol. The summed E-state index contributed by atoms with van der Waals surface area (Å²) in [6.07, 6.45) is 4.35. The summed E-state index contributed by atoms with van der Waals surface area (Å²) in [6, 6.07) is 16.9. The first-order chi connectivity index (χ1) is 11.8. The number of hydrogen-bond donors (Lipinski definition) is 1. The molecule has 2 heterocycles. The molecule has 0 radical (unpaired) electrons. The molecule has 1 N–H and O–H groups in total. The Labute approximate surface area is 167 Å². The van der Waals surface area contributed by atoms with Gasteiger partial charge in [0.1, 0.15) is 11.9 Å². The van der Waals surface area contributed by atoms with Crippen LogP contribution in [0.4, 0.5) is 0 Å². The minimum atomic E-state index is 0. The van der Waals surface area contributed by atoms with Crippen LogP contribution in [0.15, 0.2) is 54.7 Å². The summed E-state index contributed by atoms with van der Waals surface area (Å²) in [5.41, 5.74) is 4.73. The van der Waals surface area contributed by atoms with E-state index in [2.05, 4.69) is 59.7 Å². The van der Waals surface area contributed by atoms with Gasteiger partial charge in [-0.25, -0.2) is 0 Å². The largest absolute Gasteiger partial charge is 0.490 e. The first kappa shape index (κ1) is 20.5. The van der Waals surface area contributed by atoms with Gasteiger partial charge in [0.05, 0.1) is 5.52 Å². The molecule has 0 unspecified atom stereocenters. The number of fused-ring (bicyclic) bond motifs is 1. The van der Waals surface area contributed by atoms with Gasteiger partial charge >= 0.3 is 0 Å². The van der Waals surface area contributed by atoms with Crippen LogP contribution in [-0.2, 0) is 0 Å². The number of rotatable bonds is 3. The average molecular weight is 391 g/mol. The maximum Gasteiger partial charge on any atom is 0.119 e. The number of benzene rings is 2. The highest BCUT2D eigenvalue weighted by atomic mass is 35.5. The lowest BCUT2D eigenvalue weighted by atomic mass is 9.98. The second-order valence-electron chi connectivity index (χ2n) is 6.40. The van der Waals surface area contributed by atoms with Gasteiger partial charge in [-0.2, -0.15) is 0 Å². The maximum absolute atomic E-state index is 6.09. The first-order valence-corrected chi connectivity index (χ1v) is 8.63. The molecule has 0 aliphatic carbocycles. The standard InChI is InChI=1S/C21H22N2O.2ClH/c1-15-20(9-6-17-3-2-12-23-21(15)17)16-4-7-18(8-5-16)24-19-10-13-22-14-11-19;;/h2-9,12,19,22H,10-11,13-14H2,1H3;2*1H. The van der Waals surface area contributed by atoms with E-state index in [0.29, 0.717) is 6.10 Å². The Morgan fingerprint density at radius 1 is 0.962 bits per heavy atom. The van der Waals surface area contributed by atoms with E-state index in [9.17, 15) is 0 Å². The van der Waals surface area contributed by atoms with E-state index in [4.69, 9.17) is 4.74 Å². The summed E-state index contributed by atoms with van der Waals surface area (Å²) in [5, 5.41) is 4.55. The second-order valence-corrected chi connectivity index (χ2v) is 6.40. The van der Waals surface area contributed by atoms with Gasteiger partial charge in [0.25, 0.3) is 0 Å². The molecule has 0 saturated carbocycles. The van der Waals surface area contributed by atoms with E-state index < -0.39 is 0 Å². The average Bonchev–Trinajstić information content (AvgIpc) is 2.64. The zero-order valence-corrected chi connectivity index (χ0v) is 16.4. The Hall–Kier alpha value is -1.81. The summed E-state index contributed by atoms with van der Waals surface area (Å²) in [4.78, 5) is 4.53. The minimum absolute atomic E-state index is 0. The molecule has 1 fully saturated rings. The highest BCUT2D eigenvalue weighted by Gasteiger charge is 2.14. The van der Waals surface area contributed by atoms with Crippen molar-refractivity contribution in [1.82, 2.24) is 10.3 Å². The van der Waals surface area contributed by atoms with E-state index in [-0.39, 0.29) is 24.8 Å². The van der Waals surface area contributed by atoms with Gasteiger partial charge in [0, 0.05) is 11.6 Å². The quantitative estimate of drug-likeness (QED) is 0.668. The molecule has 0 bridgehead atoms. The Balaban J connectivity index is 0.00000121. The van der Waals surface area contributed by atoms with Crippen molar-refractivity contribution in [3.63, 3.8) is 0 Å². The maximum atomic E-state index is 6.09. The van der Waals surface area contributed by atoms with Crippen molar-refractivity contribution in [1.29, 1.82) is 0 Å². The molecule has 0 spiro atoms. The third-order valence-electron chi connectivity index (χ3n) is 4.78. The second kappa shape index (κ2) is 9.22. The molecule has 26 heavy (non-hydrogen) atoms. The molecule has 138 valence electrons. The molecule has 3 aromatic rings. The molecule has 1 aliphatic rings. The van der Waals surface area contributed by atoms with E-state index in [1.807, 2.05) is 12.3 Å². The van der Waals surface area contributed by atoms with Crippen LogP contribution < -0.4 is 10.1 Å². The number of piperidine rings is 1. The number of aryl methyl sites for hydroxylation is 1. The Bertz CT molecular complexity index is 846. The smallest absolute Gasteiger partial charge is 0.119 e. The third-order valence-corrected chi connectivity index (χ3v) is 4.78. The Morgan fingerprint density at radius 2 is 1.69 bits per heavy atom. The van der Waals surface area contributed by atoms with Gasteiger partial charge < -0.3 is 10.1 Å². The first-order valence-electron chi connectivity index (χ1n) is 8.63. The lowest BCUT2D eigenvalue weighted by Crippen LogP contribution is -2.34. The number of pyridine rings is 1. The topological polar surface area (TPSA) is 34.1 Å². The van der Waals surface area contributed by atoms with Crippen LogP contribution in [0.25, 0.3) is 22.0 Å². The fourth-order valence-corrected chi connectivity index (χ4v) is 3.42. The van der Waals surface area contributed by atoms with Crippen LogP contribution in [0.3, 0.4) is 0 Å². The van der Waals surface area contributed by atoms with Gasteiger partial charge in [-0.15, -0.1) is 24.8 Å². The number of nitrogens with zero attached hydrogens (tertiary/aromatic N) is 1. The molecule has 1 aromatic heterocycles. The molecule has 1 aliphatic heterocycles. The third kappa shape index (κ3) is 4.29. The molecule has 2 aromatic carbocycles. The number of aromatic nitrogens is 1. The van der Waals surface area contributed by atoms with Gasteiger partial charge in [0.15, 0.2) is 0 Å². The molecule has 4 rings (SSSR count). The normalized spacial score (nSPS) is 14.3. The highest BCUT2D eigenvalue weighted by molar-refractivity contribution is 5.88. The lowest BCUT2D eigenvalue weighted by Gasteiger charge is -2.23. The molecule has 3 nitrogen and oxygen atoms in total. The summed E-state index contributed by atoms with van der Waals surface area (Å²) in [6.45, 7) is 4.24. The highest BCUT2D eigenvalue weighted by Crippen LogP contribution is 2.30. The van der Waals surface area contributed by atoms with Crippen LogP contribution in [0.1, 0.15) is 18.4 Å². The fraction of sp³-hybridized carbons (Fsp3) is 0.286. The number of ether oxygens (including phenoxy) is 1. The van der Waals surface area contributed by atoms with Crippen LogP contribution in [0, 0.1) is 6.92 Å². The zero-order chi connectivity index (χ0) is 16.4. The van der Waals surface area contributed by atoms with Gasteiger partial charge in [-0.1, -0.05) is 30.3 Å². The summed E-state index contributed by atoms with van der Waals surface area (Å²) in [7, 11) is 0. The van der Waals surface area contributed by atoms with Gasteiger partial charge in [-0.3, -0.25) is 4.98 Å². The van der Waals surface area contributed by atoms with Gasteiger partial charge in [-0.05, 0) is 67.7 Å². The summed E-state index contributed by atoms with van der Waals surface area (Å²) >= 11 is 0. The zero-order valence-electron chi connectivity index (χ0n) is 14.8. The fourth-order valence-electron chi connectivity index (χ4n) is 3.42. The van der Waals surface area contributed by atoms with E-state index in [0.717, 1.165) is 37.2 Å². The van der Waals surface area contributed by atoms with Gasteiger partial charge in [0.2, 0.25) is 0 Å². The van der Waals surface area contributed by atoms with Crippen molar-refractivity contribution in [2.75, 3.05) is 13.1 Å². The van der Waals surface area contributed by atoms with Crippen molar-refractivity contribution in [3.05, 3.63) is 60.3 Å². The molecule has 1 saturated heterocycles. The van der Waals surface area contributed by atoms with Crippen LogP contribution in [0.2, 0.25) is 0 Å². The van der Waals surface area contributed by atoms with Crippen LogP contribution in [0.5, 0.6) is 5.75 Å². The van der Waals surface area contributed by atoms with E-state index in [1.54, 1.807) is 0 Å². The number of hydrogen-bond acceptors (Lipinski definition) is 3. The predicted molar refractivity (Wildman–Crippen MR) is 113 cm³/mol. The van der Waals surface area contributed by atoms with Crippen molar-refractivity contribution >= 4 is 35.7 Å². The lowest BCUT2D eigenvalue weighted by molar-refractivity contribution is 0.162. The van der Waals surface area contributed by atoms with Crippen molar-refractivity contribution in [3.8, 4) is 16.9 Å². The Morgan fingerprint density at radius 3 is 2.42 bits per heavy atom. The van der Waals surface area contributed by atoms with Crippen molar-refractivity contribution < 1.29 is 4.74 Å². The number of halogens is 2. The number of nitrogens with one attached hydrogen (secondary N) is 1. The summed E-state index contributed by atoms with van der Waals surface area (Å²) < 4.78 is 6.09. The predicted octanol–water partition coefficient (Wildman–Crippen LogP) is 5.18. The molecular formula is C21H24Cl2N2O. The van der Waals surface area contributed by atoms with Crippen molar-refractivity contribution in [2.45, 2.75) is 25.9 Å². The van der Waals surface area contributed by atoms with Crippen molar-refractivity contribution in [2.24, 2.45) is 0 Å². The van der Waals surface area contributed by atoms with Crippen LogP contribution >= 0.6 is 24.8 Å². The molecule has 0 atom stereocenters. The SMILES string of the molecule is Cc1c(-c2ccc(OC3CCNCC3)cc2)ccc2cccnc12.Cl.Cl. The molecular weight excluding hydrogens is 367 g/mol. The summed E-state index contributed by atoms with van der Waals surface area (Å²) in [5.74, 6) is 0.960. The molecule has 5 heteroatoms. The minimum Gasteiger partial charge on any atom is -0.490 e. The van der Waals surface area contributed by atoms with E-state index >= 15 is 0 Å². The molecule has 0 amide bonds. The Kier molecular flexibility index (Phi) is 7.27.